The van der Waals surface area contributed by atoms with Gasteiger partial charge in [0.25, 0.3) is 5.91 Å². The number of benzene rings is 2. The molecule has 0 fully saturated rings. The first-order valence-electron chi connectivity index (χ1n) is 7.81. The maximum Gasteiger partial charge on any atom is 0.255 e. The molecule has 2 N–H and O–H groups in total. The summed E-state index contributed by atoms with van der Waals surface area (Å²) >= 11 is 0. The second-order valence-electron chi connectivity index (χ2n) is 6.66. The Hall–Kier alpha value is -2.82. The van der Waals surface area contributed by atoms with Crippen molar-refractivity contribution in [1.29, 1.82) is 0 Å². The molecule has 2 aromatic carbocycles. The van der Waals surface area contributed by atoms with Gasteiger partial charge in [-0.15, -0.1) is 0 Å². The van der Waals surface area contributed by atoms with E-state index in [1.807, 2.05) is 32.9 Å². The van der Waals surface area contributed by atoms with Crippen LogP contribution in [0, 0.1) is 12.3 Å². The minimum Gasteiger partial charge on any atom is -0.490 e. The second kappa shape index (κ2) is 6.00. The van der Waals surface area contributed by atoms with Crippen LogP contribution in [0.3, 0.4) is 0 Å². The molecule has 0 saturated heterocycles. The van der Waals surface area contributed by atoms with Crippen LogP contribution in [0.15, 0.2) is 42.5 Å². The summed E-state index contributed by atoms with van der Waals surface area (Å²) in [6.07, 6.45) is 0. The Bertz CT molecular complexity index is 795. The maximum atomic E-state index is 12.3. The van der Waals surface area contributed by atoms with E-state index in [0.717, 1.165) is 5.56 Å². The molecule has 3 rings (SSSR count). The van der Waals surface area contributed by atoms with Crippen molar-refractivity contribution >= 4 is 23.2 Å². The smallest absolute Gasteiger partial charge is 0.255 e. The van der Waals surface area contributed by atoms with Crippen LogP contribution in [-0.2, 0) is 4.79 Å². The first kappa shape index (κ1) is 16.1. The number of rotatable bonds is 2. The molecule has 24 heavy (non-hydrogen) atoms. The van der Waals surface area contributed by atoms with Crippen LogP contribution in [0.4, 0.5) is 11.4 Å². The molecule has 0 aromatic heterocycles. The number of aryl methyl sites for hydroxylation is 1. The topological polar surface area (TPSA) is 67.4 Å². The molecule has 1 aliphatic heterocycles. The van der Waals surface area contributed by atoms with E-state index >= 15 is 0 Å². The molecule has 2 amide bonds. The van der Waals surface area contributed by atoms with E-state index in [1.165, 1.54) is 0 Å². The van der Waals surface area contributed by atoms with Crippen molar-refractivity contribution in [2.75, 3.05) is 17.2 Å². The third-order valence-corrected chi connectivity index (χ3v) is 4.00. The Morgan fingerprint density at radius 3 is 2.58 bits per heavy atom. The summed E-state index contributed by atoms with van der Waals surface area (Å²) in [5, 5.41) is 5.70. The average molecular weight is 324 g/mol. The number of anilines is 2. The normalized spacial score (nSPS) is 15.5. The molecule has 0 radical (unpaired) electrons. The fourth-order valence-corrected chi connectivity index (χ4v) is 2.35. The second-order valence-corrected chi connectivity index (χ2v) is 6.66. The first-order chi connectivity index (χ1) is 11.3. The summed E-state index contributed by atoms with van der Waals surface area (Å²) < 4.78 is 5.70. The Morgan fingerprint density at radius 2 is 1.88 bits per heavy atom. The van der Waals surface area contributed by atoms with Gasteiger partial charge < -0.3 is 15.4 Å². The molecule has 0 saturated carbocycles. The summed E-state index contributed by atoms with van der Waals surface area (Å²) in [5.41, 5.74) is 2.23. The molecule has 124 valence electrons. The third kappa shape index (κ3) is 3.25. The van der Waals surface area contributed by atoms with Crippen molar-refractivity contribution in [1.82, 2.24) is 0 Å². The van der Waals surface area contributed by atoms with Crippen molar-refractivity contribution in [3.8, 4) is 5.75 Å². The summed E-state index contributed by atoms with van der Waals surface area (Å²) in [5.74, 6) is 0.293. The molecule has 1 aliphatic rings. The highest BCUT2D eigenvalue weighted by Gasteiger charge is 2.32. The number of fused-ring (bicyclic) bond motifs is 1. The molecule has 1 heterocycles. The van der Waals surface area contributed by atoms with Crippen LogP contribution in [0.25, 0.3) is 0 Å². The first-order valence-corrected chi connectivity index (χ1v) is 7.81. The predicted octanol–water partition coefficient (Wildman–Crippen LogP) is 3.60. The monoisotopic (exact) mass is 324 g/mol. The minimum absolute atomic E-state index is 0.108. The standard InChI is InChI=1S/C19H20N2O3/c1-12-4-6-13(7-5-12)17(22)20-14-8-9-16-15(10-14)21-18(23)19(2,3)11-24-16/h4-10H,11H2,1-3H3,(H,20,22)(H,21,23). The minimum atomic E-state index is -0.607. The van der Waals surface area contributed by atoms with Gasteiger partial charge in [-0.05, 0) is 51.1 Å². The average Bonchev–Trinajstić information content (AvgIpc) is 2.64. The van der Waals surface area contributed by atoms with E-state index in [4.69, 9.17) is 4.74 Å². The Labute approximate surface area is 141 Å². The van der Waals surface area contributed by atoms with Gasteiger partial charge in [0.1, 0.15) is 12.4 Å². The van der Waals surface area contributed by atoms with Gasteiger partial charge in [0.05, 0.1) is 11.1 Å². The zero-order chi connectivity index (χ0) is 17.3. The van der Waals surface area contributed by atoms with Gasteiger partial charge in [0, 0.05) is 11.3 Å². The lowest BCUT2D eigenvalue weighted by molar-refractivity contribution is -0.124. The number of ether oxygens (including phenoxy) is 1. The van der Waals surface area contributed by atoms with Gasteiger partial charge >= 0.3 is 0 Å². The van der Waals surface area contributed by atoms with Crippen molar-refractivity contribution in [2.45, 2.75) is 20.8 Å². The SMILES string of the molecule is Cc1ccc(C(=O)Nc2ccc3c(c2)NC(=O)C(C)(C)CO3)cc1. The fraction of sp³-hybridized carbons (Fsp3) is 0.263. The van der Waals surface area contributed by atoms with Crippen LogP contribution in [0.1, 0.15) is 29.8 Å². The summed E-state index contributed by atoms with van der Waals surface area (Å²) in [6.45, 7) is 5.93. The highest BCUT2D eigenvalue weighted by Crippen LogP contribution is 2.34. The molecule has 2 aromatic rings. The summed E-state index contributed by atoms with van der Waals surface area (Å²) in [6, 6.07) is 12.6. The van der Waals surface area contributed by atoms with E-state index < -0.39 is 5.41 Å². The van der Waals surface area contributed by atoms with Crippen molar-refractivity contribution in [2.24, 2.45) is 5.41 Å². The Morgan fingerprint density at radius 1 is 1.17 bits per heavy atom. The third-order valence-electron chi connectivity index (χ3n) is 4.00. The highest BCUT2D eigenvalue weighted by atomic mass is 16.5. The number of nitrogens with one attached hydrogen (secondary N) is 2. The van der Waals surface area contributed by atoms with Gasteiger partial charge in [0.15, 0.2) is 0 Å². The van der Waals surface area contributed by atoms with Crippen LogP contribution in [-0.4, -0.2) is 18.4 Å². The van der Waals surface area contributed by atoms with Crippen LogP contribution in [0.2, 0.25) is 0 Å². The number of carbonyl (C=O) groups is 2. The molecular weight excluding hydrogens is 304 g/mol. The Kier molecular flexibility index (Phi) is 4.01. The largest absolute Gasteiger partial charge is 0.490 e. The van der Waals surface area contributed by atoms with E-state index in [-0.39, 0.29) is 11.8 Å². The van der Waals surface area contributed by atoms with Gasteiger partial charge in [-0.2, -0.15) is 0 Å². The van der Waals surface area contributed by atoms with Gasteiger partial charge in [-0.3, -0.25) is 9.59 Å². The maximum absolute atomic E-state index is 12.3. The van der Waals surface area contributed by atoms with Gasteiger partial charge in [-0.25, -0.2) is 0 Å². The molecule has 0 spiro atoms. The fourth-order valence-electron chi connectivity index (χ4n) is 2.35. The Balaban J connectivity index is 1.81. The van der Waals surface area contributed by atoms with Crippen LogP contribution >= 0.6 is 0 Å². The molecule has 0 aliphatic carbocycles. The van der Waals surface area contributed by atoms with E-state index in [2.05, 4.69) is 10.6 Å². The van der Waals surface area contributed by atoms with Crippen molar-refractivity contribution in [3.05, 3.63) is 53.6 Å². The van der Waals surface area contributed by atoms with Gasteiger partial charge in [0.2, 0.25) is 5.91 Å². The number of carbonyl (C=O) groups excluding carboxylic acids is 2. The molecule has 0 atom stereocenters. The van der Waals surface area contributed by atoms with Gasteiger partial charge in [-0.1, -0.05) is 17.7 Å². The molecule has 5 nitrogen and oxygen atoms in total. The zero-order valence-corrected chi connectivity index (χ0v) is 14.0. The summed E-state index contributed by atoms with van der Waals surface area (Å²) in [4.78, 5) is 24.5. The van der Waals surface area contributed by atoms with E-state index in [9.17, 15) is 9.59 Å². The summed E-state index contributed by atoms with van der Waals surface area (Å²) in [7, 11) is 0. The lowest BCUT2D eigenvalue weighted by Crippen LogP contribution is -2.33. The zero-order valence-electron chi connectivity index (χ0n) is 14.0. The number of hydrogen-bond acceptors (Lipinski definition) is 3. The van der Waals surface area contributed by atoms with Crippen molar-refractivity contribution in [3.63, 3.8) is 0 Å². The van der Waals surface area contributed by atoms with Crippen LogP contribution < -0.4 is 15.4 Å². The molecule has 5 heteroatoms. The number of amides is 2. The highest BCUT2D eigenvalue weighted by molar-refractivity contribution is 6.05. The quantitative estimate of drug-likeness (QED) is 0.887. The van der Waals surface area contributed by atoms with Crippen LogP contribution in [0.5, 0.6) is 5.75 Å². The van der Waals surface area contributed by atoms with Crippen molar-refractivity contribution < 1.29 is 14.3 Å². The van der Waals surface area contributed by atoms with E-state index in [0.29, 0.717) is 29.3 Å². The molecule has 0 unspecified atom stereocenters. The predicted molar refractivity (Wildman–Crippen MR) is 93.5 cm³/mol. The lowest BCUT2D eigenvalue weighted by atomic mass is 9.94. The van der Waals surface area contributed by atoms with E-state index in [1.54, 1.807) is 30.3 Å². The molecule has 0 bridgehead atoms. The lowest BCUT2D eigenvalue weighted by Gasteiger charge is -2.18. The number of hydrogen-bond donors (Lipinski definition) is 2. The molecular formula is C19H20N2O3.